The van der Waals surface area contributed by atoms with Crippen molar-refractivity contribution in [3.63, 3.8) is 0 Å². The average molecular weight is 711 g/mol. The molecule has 1 fully saturated rings. The van der Waals surface area contributed by atoms with E-state index in [1.54, 1.807) is 0 Å². The Morgan fingerprint density at radius 2 is 1.98 bits per heavy atom. The number of nitrogen functional groups attached to an aromatic ring is 1. The second-order valence-electron chi connectivity index (χ2n) is 11.6. The number of fused-ring (bicyclic) bond motifs is 1. The van der Waals surface area contributed by atoms with Crippen LogP contribution in [0.3, 0.4) is 0 Å². The lowest BCUT2D eigenvalue weighted by molar-refractivity contribution is -0.218. The van der Waals surface area contributed by atoms with Crippen LogP contribution in [0.5, 0.6) is 5.75 Å². The number of β-lactam (4-membered cyclic amide) rings is 1. The van der Waals surface area contributed by atoms with Crippen LogP contribution in [-0.2, 0) is 42.2 Å². The van der Waals surface area contributed by atoms with E-state index in [9.17, 15) is 18.0 Å². The predicted octanol–water partition coefficient (Wildman–Crippen LogP) is -0.124. The fourth-order valence-electron chi connectivity index (χ4n) is 5.19. The molecule has 0 spiro atoms. The van der Waals surface area contributed by atoms with Crippen molar-refractivity contribution in [3.8, 4) is 5.75 Å². The third-order valence-electron chi connectivity index (χ3n) is 7.69. The molecule has 1 unspecified atom stereocenters. The van der Waals surface area contributed by atoms with E-state index < -0.39 is 33.8 Å². The summed E-state index contributed by atoms with van der Waals surface area (Å²) in [7, 11) is -3.05. The van der Waals surface area contributed by atoms with E-state index in [0.717, 1.165) is 54.9 Å². The molecule has 2 aliphatic rings. The van der Waals surface area contributed by atoms with Crippen LogP contribution in [0.2, 0.25) is 0 Å². The first kappa shape index (κ1) is 36.8. The van der Waals surface area contributed by atoms with Gasteiger partial charge in [-0.25, -0.2) is 4.98 Å². The normalized spacial score (nSPS) is 17.1. The Hall–Kier alpha value is -4.08. The molecule has 1 saturated heterocycles. The van der Waals surface area contributed by atoms with Crippen LogP contribution >= 0.6 is 11.3 Å². The van der Waals surface area contributed by atoms with Gasteiger partial charge in [-0.2, -0.15) is 13.5 Å². The summed E-state index contributed by atoms with van der Waals surface area (Å²) in [6.45, 7) is 7.03. The molecule has 18 nitrogen and oxygen atoms in total. The number of hydrogen-bond acceptors (Lipinski definition) is 14. The highest BCUT2D eigenvalue weighted by atomic mass is 32.3. The van der Waals surface area contributed by atoms with Crippen LogP contribution in [0.15, 0.2) is 28.7 Å². The maximum Gasteiger partial charge on any atom is 0.418 e. The van der Waals surface area contributed by atoms with Gasteiger partial charge in [0.25, 0.3) is 11.8 Å². The molecular weight excluding hydrogens is 669 g/mol. The van der Waals surface area contributed by atoms with Crippen LogP contribution in [0.4, 0.5) is 5.13 Å². The number of oxime groups is 1. The number of amides is 2. The number of guanidine groups is 1. The minimum absolute atomic E-state index is 0.0448. The first-order valence-electron chi connectivity index (χ1n) is 15.2. The number of rotatable bonds is 17. The Bertz CT molecular complexity index is 1620. The topological polar surface area (TPSA) is 251 Å². The van der Waals surface area contributed by atoms with Gasteiger partial charge in [0.15, 0.2) is 23.4 Å². The van der Waals surface area contributed by atoms with E-state index >= 15 is 0 Å². The smallest absolute Gasteiger partial charge is 0.418 e. The summed E-state index contributed by atoms with van der Waals surface area (Å²) in [6, 6.07) is 4.55. The van der Waals surface area contributed by atoms with Crippen molar-refractivity contribution in [2.75, 3.05) is 52.2 Å². The third kappa shape index (κ3) is 9.08. The number of nitrogens with zero attached hydrogens (tertiary/aromatic N) is 5. The van der Waals surface area contributed by atoms with Crippen molar-refractivity contribution in [3.05, 3.63) is 40.4 Å². The zero-order valence-corrected chi connectivity index (χ0v) is 28.6. The molecule has 20 heteroatoms. The van der Waals surface area contributed by atoms with Crippen molar-refractivity contribution in [2.45, 2.75) is 51.4 Å². The molecule has 2 aliphatic heterocycles. The standard InChI is InChI=1S/C28H42N10O8S2/c1-28(2)23(25(40)38(28)46-48(41,42)43)34-24(39)22(21-17-47-26(30)33-21)35-45-13-12-44-20-7-6-18-15-37(16-19(18)14-20)27(31)36(10-4-8-29)11-5-9-32-3/h6-7,14,17,23,31-32H,4-5,8-13,15-16,29H2,1-3H3,(H2,30,33)(H,34,39)(H,41,42,43)/b31-27?,35-22-. The summed E-state index contributed by atoms with van der Waals surface area (Å²) in [5, 5.41) is 20.5. The number of benzene rings is 1. The molecule has 2 aromatic rings. The largest absolute Gasteiger partial charge is 0.490 e. The summed E-state index contributed by atoms with van der Waals surface area (Å²) in [6.07, 6.45) is 1.73. The highest BCUT2D eigenvalue weighted by molar-refractivity contribution is 7.80. The molecule has 3 heterocycles. The number of hydrogen-bond donors (Lipinski definition) is 6. The second kappa shape index (κ2) is 15.9. The molecule has 1 atom stereocenters. The molecule has 264 valence electrons. The molecule has 1 aromatic carbocycles. The fraction of sp³-hybridized carbons (Fsp3) is 0.536. The number of carbonyl (C=O) groups excluding carboxylic acids is 2. The zero-order valence-electron chi connectivity index (χ0n) is 27.0. The van der Waals surface area contributed by atoms with Crippen molar-refractivity contribution in [1.82, 2.24) is 30.5 Å². The van der Waals surface area contributed by atoms with Gasteiger partial charge in [-0.15, -0.1) is 15.6 Å². The molecule has 2 amide bonds. The Balaban J connectivity index is 1.32. The van der Waals surface area contributed by atoms with E-state index in [4.69, 9.17) is 31.0 Å². The number of aromatic nitrogens is 1. The Kier molecular flexibility index (Phi) is 12.2. The van der Waals surface area contributed by atoms with E-state index in [0.29, 0.717) is 36.4 Å². The van der Waals surface area contributed by atoms with Gasteiger partial charge in [0, 0.05) is 31.6 Å². The monoisotopic (exact) mass is 710 g/mol. The van der Waals surface area contributed by atoms with Crippen LogP contribution < -0.4 is 26.8 Å². The zero-order chi connectivity index (χ0) is 35.1. The van der Waals surface area contributed by atoms with Gasteiger partial charge < -0.3 is 41.5 Å². The molecule has 4 rings (SSSR count). The van der Waals surface area contributed by atoms with Crippen LogP contribution in [-0.4, -0.2) is 114 Å². The van der Waals surface area contributed by atoms with Gasteiger partial charge in [-0.3, -0.25) is 19.6 Å². The van der Waals surface area contributed by atoms with Gasteiger partial charge in [0.2, 0.25) is 0 Å². The molecule has 8 N–H and O–H groups in total. The summed E-state index contributed by atoms with van der Waals surface area (Å²) in [5.41, 5.74) is 12.1. The molecule has 0 bridgehead atoms. The van der Waals surface area contributed by atoms with E-state index in [-0.39, 0.29) is 29.8 Å². The maximum atomic E-state index is 13.2. The maximum absolute atomic E-state index is 13.2. The fourth-order valence-corrected chi connectivity index (χ4v) is 6.19. The Labute approximate surface area is 282 Å². The lowest BCUT2D eigenvalue weighted by Crippen LogP contribution is -2.76. The van der Waals surface area contributed by atoms with E-state index in [1.165, 1.54) is 19.2 Å². The summed E-state index contributed by atoms with van der Waals surface area (Å²) >= 11 is 1.07. The highest BCUT2D eigenvalue weighted by Gasteiger charge is 2.58. The van der Waals surface area contributed by atoms with Crippen molar-refractivity contribution in [2.24, 2.45) is 10.9 Å². The lowest BCUT2D eigenvalue weighted by atomic mass is 9.84. The third-order valence-corrected chi connectivity index (χ3v) is 8.70. The molecular formula is C28H42N10O8S2. The minimum Gasteiger partial charge on any atom is -0.490 e. The SMILES string of the molecule is CNCCCN(CCCN)C(=N)N1Cc2ccc(OCCO/N=C(\C(=O)NC3C(=O)N(OS(=O)(=O)O)C3(C)C)c3csc(N)n3)cc2C1. The van der Waals surface area contributed by atoms with Gasteiger partial charge in [-0.1, -0.05) is 11.2 Å². The number of nitrogens with one attached hydrogen (secondary N) is 3. The minimum atomic E-state index is -4.96. The number of thiazole rings is 1. The van der Waals surface area contributed by atoms with Gasteiger partial charge in [0.1, 0.15) is 24.1 Å². The first-order valence-corrected chi connectivity index (χ1v) is 17.4. The first-order chi connectivity index (χ1) is 22.7. The van der Waals surface area contributed by atoms with Crippen molar-refractivity contribution in [1.29, 1.82) is 5.41 Å². The average Bonchev–Trinajstić information content (AvgIpc) is 3.66. The molecule has 1 aromatic heterocycles. The van der Waals surface area contributed by atoms with Gasteiger partial charge in [-0.05, 0) is 70.1 Å². The number of carbonyl (C=O) groups is 2. The number of anilines is 1. The van der Waals surface area contributed by atoms with Gasteiger partial charge >= 0.3 is 10.4 Å². The van der Waals surface area contributed by atoms with Gasteiger partial charge in [0.05, 0.1) is 5.54 Å². The highest BCUT2D eigenvalue weighted by Crippen LogP contribution is 2.33. The number of hydroxylamine groups is 2. The summed E-state index contributed by atoms with van der Waals surface area (Å²) in [5.74, 6) is -0.659. The number of nitrogens with two attached hydrogens (primary N) is 2. The Morgan fingerprint density at radius 3 is 2.62 bits per heavy atom. The quantitative estimate of drug-likeness (QED) is 0.0313. The summed E-state index contributed by atoms with van der Waals surface area (Å²) in [4.78, 5) is 39.2. The van der Waals surface area contributed by atoms with Crippen molar-refractivity contribution >= 4 is 50.4 Å². The summed E-state index contributed by atoms with van der Waals surface area (Å²) < 4.78 is 41.3. The van der Waals surface area contributed by atoms with Crippen LogP contribution in [0.25, 0.3) is 0 Å². The predicted molar refractivity (Wildman–Crippen MR) is 177 cm³/mol. The molecule has 0 aliphatic carbocycles. The van der Waals surface area contributed by atoms with Crippen LogP contribution in [0.1, 0.15) is 43.5 Å². The van der Waals surface area contributed by atoms with Crippen molar-refractivity contribution < 1.29 is 36.4 Å². The second-order valence-corrected chi connectivity index (χ2v) is 13.5. The van der Waals surface area contributed by atoms with E-state index in [2.05, 4.69) is 30.0 Å². The van der Waals surface area contributed by atoms with E-state index in [1.807, 2.05) is 30.1 Å². The number of ether oxygens (including phenoxy) is 1. The molecule has 0 saturated carbocycles. The molecule has 0 radical (unpaired) electrons. The van der Waals surface area contributed by atoms with Crippen LogP contribution in [0, 0.1) is 5.41 Å². The Morgan fingerprint density at radius 1 is 1.25 bits per heavy atom. The lowest BCUT2D eigenvalue weighted by Gasteiger charge is -2.50. The molecule has 48 heavy (non-hydrogen) atoms.